The fourth-order valence-electron chi connectivity index (χ4n) is 13.2. The van der Waals surface area contributed by atoms with Gasteiger partial charge in [-0.05, 0) is 134 Å². The molecule has 620 valence electrons. The van der Waals surface area contributed by atoms with E-state index in [4.69, 9.17) is 21.7 Å². The predicted molar refractivity (Wildman–Crippen MR) is 434 cm³/mol. The van der Waals surface area contributed by atoms with Crippen LogP contribution in [0.1, 0.15) is 126 Å². The lowest BCUT2D eigenvalue weighted by atomic mass is 9.77. The Bertz CT molecular complexity index is 4900. The zero-order valence-corrected chi connectivity index (χ0v) is 67.5. The Hall–Kier alpha value is -10.8. The highest BCUT2D eigenvalue weighted by Crippen LogP contribution is 2.51. The molecular formula is C79H99N10O22S4+. The Balaban J connectivity index is 1.05. The van der Waals surface area contributed by atoms with Crippen LogP contribution in [-0.4, -0.2) is 194 Å². The van der Waals surface area contributed by atoms with E-state index in [1.807, 2.05) is 56.9 Å². The number of hydrogen-bond donors (Lipinski definition) is 14. The van der Waals surface area contributed by atoms with Gasteiger partial charge >= 0.3 is 29.3 Å². The van der Waals surface area contributed by atoms with Gasteiger partial charge in [0.1, 0.15) is 30.2 Å². The summed E-state index contributed by atoms with van der Waals surface area (Å²) in [7, 11) is -13.5. The fraction of sp³-hybridized carbons (Fsp3) is 0.405. The first kappa shape index (κ1) is 91.4. The van der Waals surface area contributed by atoms with Crippen LogP contribution >= 0.6 is 12.2 Å². The molecule has 0 aliphatic carbocycles. The number of aliphatic carboxylic acids is 3. The average Bonchev–Trinajstić information content (AvgIpc) is 1.58. The molecule has 6 aromatic rings. The van der Waals surface area contributed by atoms with Crippen molar-refractivity contribution in [3.63, 3.8) is 0 Å². The lowest BCUT2D eigenvalue weighted by Gasteiger charge is -2.30. The number of hydrogen-bond acceptors (Lipinski definition) is 18. The Morgan fingerprint density at radius 3 is 1.63 bits per heavy atom. The smallest absolute Gasteiger partial charge is 0.363 e. The van der Waals surface area contributed by atoms with Crippen LogP contribution in [0.5, 0.6) is 0 Å². The van der Waals surface area contributed by atoms with Crippen molar-refractivity contribution in [2.75, 3.05) is 60.6 Å². The summed E-state index contributed by atoms with van der Waals surface area (Å²) in [5, 5.41) is 49.6. The van der Waals surface area contributed by atoms with E-state index in [1.165, 1.54) is 18.2 Å². The van der Waals surface area contributed by atoms with Crippen LogP contribution in [0, 0.1) is 0 Å². The third kappa shape index (κ3) is 29.2. The summed E-state index contributed by atoms with van der Waals surface area (Å²) >= 11 is 5.09. The summed E-state index contributed by atoms with van der Waals surface area (Å²) in [6.45, 7) is 9.66. The van der Waals surface area contributed by atoms with Crippen molar-refractivity contribution in [2.24, 2.45) is 0 Å². The molecule has 0 radical (unpaired) electrons. The number of carboxylic acids is 3. The number of carboxylic acid groups (broad SMARTS) is 3. The molecule has 32 nitrogen and oxygen atoms in total. The fourth-order valence-corrected chi connectivity index (χ4v) is 15.0. The number of thiocarbonyl (C=S) groups is 1. The van der Waals surface area contributed by atoms with Crippen LogP contribution in [-0.2, 0) is 104 Å². The molecule has 6 atom stereocenters. The molecule has 6 amide bonds. The zero-order valence-electron chi connectivity index (χ0n) is 64.2. The molecule has 5 aromatic carbocycles. The largest absolute Gasteiger partial charge is 0.481 e. The second-order valence-corrected chi connectivity index (χ2v) is 33.8. The molecule has 2 heterocycles. The first-order valence-corrected chi connectivity index (χ1v) is 42.2. The summed E-state index contributed by atoms with van der Waals surface area (Å²) in [6.07, 6.45) is 3.25. The van der Waals surface area contributed by atoms with Gasteiger partial charge in [0.2, 0.25) is 35.4 Å². The molecule has 0 saturated carbocycles. The van der Waals surface area contributed by atoms with Crippen LogP contribution in [0.4, 0.5) is 11.4 Å². The van der Waals surface area contributed by atoms with Crippen LogP contribution in [0.15, 0.2) is 161 Å². The molecular weight excluding hydrogens is 1570 g/mol. The number of nitrogens with one attached hydrogen (secondary N) is 8. The van der Waals surface area contributed by atoms with E-state index in [2.05, 4.69) is 42.5 Å². The quantitative estimate of drug-likeness (QED) is 0.00898. The minimum absolute atomic E-state index is 0.0149. The third-order valence-electron chi connectivity index (χ3n) is 19.0. The predicted octanol–water partition coefficient (Wildman–Crippen LogP) is 6.03. The minimum atomic E-state index is -4.81. The molecule has 0 fully saturated rings. The highest BCUT2D eigenvalue weighted by atomic mass is 32.2. The summed E-state index contributed by atoms with van der Waals surface area (Å²) in [6, 6.07) is 30.7. The van der Waals surface area contributed by atoms with Crippen molar-refractivity contribution in [1.82, 2.24) is 42.5 Å². The van der Waals surface area contributed by atoms with E-state index in [9.17, 15) is 92.3 Å². The second-order valence-electron chi connectivity index (χ2n) is 28.9. The van der Waals surface area contributed by atoms with Crippen LogP contribution in [0.3, 0.4) is 0 Å². The number of amides is 6. The first-order chi connectivity index (χ1) is 54.2. The lowest BCUT2D eigenvalue weighted by molar-refractivity contribution is -0.141. The van der Waals surface area contributed by atoms with Crippen molar-refractivity contribution in [3.8, 4) is 0 Å². The summed E-state index contributed by atoms with van der Waals surface area (Å²) in [4.78, 5) is 122. The Labute approximate surface area is 673 Å². The third-order valence-corrected chi connectivity index (χ3v) is 21.7. The number of anilines is 2. The van der Waals surface area contributed by atoms with Crippen LogP contribution in [0.2, 0.25) is 0 Å². The van der Waals surface area contributed by atoms with Gasteiger partial charge in [0.05, 0.1) is 34.4 Å². The molecule has 1 aromatic heterocycles. The lowest BCUT2D eigenvalue weighted by Crippen LogP contribution is -2.56. The first-order valence-electron chi connectivity index (χ1n) is 37.1. The molecule has 0 spiro atoms. The van der Waals surface area contributed by atoms with Gasteiger partial charge in [-0.2, -0.15) is 25.3 Å². The maximum Gasteiger partial charge on any atom is 0.363 e. The van der Waals surface area contributed by atoms with Gasteiger partial charge in [-0.3, -0.25) is 47.2 Å². The Kier molecular flexibility index (Phi) is 33.4. The minimum Gasteiger partial charge on any atom is -0.481 e. The monoisotopic (exact) mass is 1670 g/mol. The number of benzene rings is 5. The van der Waals surface area contributed by atoms with Crippen molar-refractivity contribution in [3.05, 3.63) is 185 Å². The summed E-state index contributed by atoms with van der Waals surface area (Å²) in [5.74, 6) is -9.10. The molecule has 7 rings (SSSR count). The van der Waals surface area contributed by atoms with Crippen molar-refractivity contribution in [2.45, 2.75) is 158 Å². The van der Waals surface area contributed by atoms with Gasteiger partial charge in [-0.25, -0.2) is 14.0 Å². The topological polar surface area (TPSA) is 491 Å². The number of rotatable bonds is 44. The van der Waals surface area contributed by atoms with Crippen molar-refractivity contribution < 1.29 is 102 Å². The van der Waals surface area contributed by atoms with Gasteiger partial charge in [-0.1, -0.05) is 118 Å². The van der Waals surface area contributed by atoms with Gasteiger partial charge in [0.25, 0.3) is 30.4 Å². The van der Waals surface area contributed by atoms with Crippen molar-refractivity contribution >= 4 is 129 Å². The molecule has 115 heavy (non-hydrogen) atoms. The standard InChI is InChI=1S/C79H98N10O22S4/c1-6-88(40-18-42-113(102,103)104)54-29-31-57-58(78(2,3)4)48-55(111-66(57)47-54)26-16-27-67-79(5,59-49-56(115(108,109)110)30-34-65(59)89(67)41-19-43-114(105,106)107)37-17-28-68(90)84-64(46-53-24-14-9-15-25-53)74(97)85-63(45-52-22-12-8-13-23-52)73(96)82-50-70(92)80-38-39-81-72(95)62(44-51-20-10-7-11-21-51)83-69(91)35-32-60(75(98)99)86-77(112)87-61(76(100)101)33-36-71(93)94/h7-16,20-27,29-31,34,47-49,60-64H,6,17-19,28,32-33,35-46,50H2,1-5H3,(H13-,80,81,82,83,84,85,86,87,90,91,92,93,94,95,96,97,98,99,100,101,102,103,104,105,106,107,108,109,110,112)/p+1. The number of allylic oxidation sites excluding steroid dienone is 3. The number of carbonyl (C=O) groups excluding carboxylic acids is 6. The van der Waals surface area contributed by atoms with Crippen molar-refractivity contribution in [1.29, 1.82) is 0 Å². The van der Waals surface area contributed by atoms with E-state index in [1.54, 1.807) is 121 Å². The Morgan fingerprint density at radius 1 is 0.583 bits per heavy atom. The van der Waals surface area contributed by atoms with Gasteiger partial charge in [0, 0.05) is 106 Å². The summed E-state index contributed by atoms with van der Waals surface area (Å²) < 4.78 is 109. The molecule has 14 N–H and O–H groups in total. The van der Waals surface area contributed by atoms with Gasteiger partial charge in [-0.15, -0.1) is 0 Å². The highest BCUT2D eigenvalue weighted by molar-refractivity contribution is 7.86. The van der Waals surface area contributed by atoms with E-state index in [-0.39, 0.29) is 83.8 Å². The molecule has 1 aliphatic rings. The van der Waals surface area contributed by atoms with E-state index in [0.29, 0.717) is 58.1 Å². The van der Waals surface area contributed by atoms with E-state index < -0.39 is 166 Å². The van der Waals surface area contributed by atoms with E-state index in [0.717, 1.165) is 16.6 Å². The highest BCUT2D eigenvalue weighted by Gasteiger charge is 2.44. The normalized spacial score (nSPS) is 15.3. The van der Waals surface area contributed by atoms with E-state index >= 15 is 0 Å². The maximum absolute atomic E-state index is 14.7. The average molecular weight is 1670 g/mol. The number of fused-ring (bicyclic) bond motifs is 2. The molecule has 36 heteroatoms. The molecule has 0 bridgehead atoms. The maximum atomic E-state index is 14.7. The number of carbonyl (C=O) groups is 9. The van der Waals surface area contributed by atoms with Crippen LogP contribution < -0.4 is 52.3 Å². The Morgan fingerprint density at radius 2 is 1.10 bits per heavy atom. The SMILES string of the molecule is CCN(CCCS(=O)(=O)O)c1ccc2c(C(C)(C)C)cc(C=CC=C3N(CCCS(=O)(=O)O)c4ccc(S(=O)(=O)O)cc4C3(C)CCCC(=O)NC(Cc3ccccc3)C(=O)NC(Cc3ccccc3)C(=O)NCC(=O)NCCNC(=O)C(Cc3ccccc3)NC(=O)CCC(NC(=S)NC(CCC(=O)O)C(=O)O)C(=O)O)[o+]c2c1. The van der Waals surface area contributed by atoms with Crippen LogP contribution in [0.25, 0.3) is 17.0 Å². The summed E-state index contributed by atoms with van der Waals surface area (Å²) in [5.41, 5.74) is 3.73. The zero-order chi connectivity index (χ0) is 84.4. The van der Waals surface area contributed by atoms with Gasteiger partial charge < -0.3 is 67.7 Å². The molecule has 6 unspecified atom stereocenters. The molecule has 1 aliphatic heterocycles. The number of nitrogens with zero attached hydrogens (tertiary/aromatic N) is 2. The van der Waals surface area contributed by atoms with Gasteiger partial charge in [0.15, 0.2) is 5.11 Å². The second kappa shape index (κ2) is 42.0. The molecule has 0 saturated heterocycles.